The van der Waals surface area contributed by atoms with Crippen molar-refractivity contribution in [1.29, 1.82) is 0 Å². The maximum atomic E-state index is 8.89. The van der Waals surface area contributed by atoms with E-state index in [2.05, 4.69) is 11.5 Å². The van der Waals surface area contributed by atoms with Gasteiger partial charge in [0.1, 0.15) is 0 Å². The van der Waals surface area contributed by atoms with Gasteiger partial charge < -0.3 is 9.67 Å². The largest absolute Gasteiger partial charge is 0.396 e. The third-order valence-corrected chi connectivity index (χ3v) is 2.21. The van der Waals surface area contributed by atoms with Crippen molar-refractivity contribution in [2.24, 2.45) is 5.92 Å². The van der Waals surface area contributed by atoms with Gasteiger partial charge in [-0.2, -0.15) is 0 Å². The first-order valence-electron chi connectivity index (χ1n) is 3.99. The van der Waals surface area contributed by atoms with E-state index in [1.54, 1.807) is 0 Å². The van der Waals surface area contributed by atoms with Crippen LogP contribution >= 0.6 is 0 Å². The van der Waals surface area contributed by atoms with E-state index in [1.165, 1.54) is 0 Å². The van der Waals surface area contributed by atoms with Gasteiger partial charge in [-0.25, -0.2) is 0 Å². The molecular formula is C9H15NO. The lowest BCUT2D eigenvalue weighted by atomic mass is 10.1. The van der Waals surface area contributed by atoms with Crippen molar-refractivity contribution in [2.45, 2.75) is 19.9 Å². The van der Waals surface area contributed by atoms with E-state index in [1.807, 2.05) is 31.5 Å². The molecule has 0 fully saturated rings. The molecule has 1 N–H and O–H groups in total. The van der Waals surface area contributed by atoms with Crippen LogP contribution in [0.25, 0.3) is 0 Å². The minimum absolute atomic E-state index is 0.249. The Labute approximate surface area is 67.5 Å². The molecule has 0 aliphatic heterocycles. The smallest absolute Gasteiger partial charge is 0.0476 e. The average molecular weight is 153 g/mol. The van der Waals surface area contributed by atoms with Crippen LogP contribution in [0.15, 0.2) is 24.5 Å². The maximum Gasteiger partial charge on any atom is 0.0476 e. The second-order valence-corrected chi connectivity index (χ2v) is 3.03. The molecule has 0 aromatic carbocycles. The number of aromatic nitrogens is 1. The van der Waals surface area contributed by atoms with Gasteiger partial charge in [0.05, 0.1) is 0 Å². The highest BCUT2D eigenvalue weighted by atomic mass is 16.3. The highest BCUT2D eigenvalue weighted by Crippen LogP contribution is 2.15. The molecule has 0 aliphatic carbocycles. The van der Waals surface area contributed by atoms with Crippen LogP contribution in [0.5, 0.6) is 0 Å². The first-order chi connectivity index (χ1) is 5.25. The van der Waals surface area contributed by atoms with Crippen LogP contribution in [0.3, 0.4) is 0 Å². The molecule has 0 saturated carbocycles. The number of aliphatic hydroxyl groups excluding tert-OH is 1. The molecule has 0 radical (unpaired) electrons. The quantitative estimate of drug-likeness (QED) is 0.702. The highest BCUT2D eigenvalue weighted by Gasteiger charge is 2.10. The monoisotopic (exact) mass is 153 g/mol. The Morgan fingerprint density at radius 2 is 1.82 bits per heavy atom. The minimum Gasteiger partial charge on any atom is -0.396 e. The number of aliphatic hydroxyl groups is 1. The third kappa shape index (κ3) is 1.84. The fourth-order valence-electron chi connectivity index (χ4n) is 1.07. The van der Waals surface area contributed by atoms with Gasteiger partial charge in [0.15, 0.2) is 0 Å². The van der Waals surface area contributed by atoms with Gasteiger partial charge in [-0.1, -0.05) is 6.92 Å². The molecule has 0 amide bonds. The molecule has 1 aromatic rings. The van der Waals surface area contributed by atoms with E-state index in [0.29, 0.717) is 12.0 Å². The topological polar surface area (TPSA) is 25.2 Å². The van der Waals surface area contributed by atoms with Crippen molar-refractivity contribution in [3.05, 3.63) is 24.5 Å². The van der Waals surface area contributed by atoms with Gasteiger partial charge >= 0.3 is 0 Å². The normalized spacial score (nSPS) is 16.3. The van der Waals surface area contributed by atoms with Crippen molar-refractivity contribution in [1.82, 2.24) is 4.57 Å². The first kappa shape index (κ1) is 8.34. The van der Waals surface area contributed by atoms with E-state index in [-0.39, 0.29) is 6.61 Å². The third-order valence-electron chi connectivity index (χ3n) is 2.21. The average Bonchev–Trinajstić information content (AvgIpc) is 2.53. The molecule has 0 aliphatic rings. The lowest BCUT2D eigenvalue weighted by molar-refractivity contribution is 0.197. The summed E-state index contributed by atoms with van der Waals surface area (Å²) >= 11 is 0. The Morgan fingerprint density at radius 3 is 2.27 bits per heavy atom. The second-order valence-electron chi connectivity index (χ2n) is 3.03. The standard InChI is InChI=1S/C9H15NO/c1-8(7-11)9(2)10-5-3-4-6-10/h3-6,8-9,11H,7H2,1-2H3. The van der Waals surface area contributed by atoms with Crippen molar-refractivity contribution < 1.29 is 5.11 Å². The lowest BCUT2D eigenvalue weighted by Crippen LogP contribution is -2.15. The summed E-state index contributed by atoms with van der Waals surface area (Å²) in [5.74, 6) is 0.322. The Balaban J connectivity index is 2.62. The van der Waals surface area contributed by atoms with E-state index in [0.717, 1.165) is 0 Å². The van der Waals surface area contributed by atoms with Crippen molar-refractivity contribution in [2.75, 3.05) is 6.61 Å². The molecule has 2 nitrogen and oxygen atoms in total. The van der Waals surface area contributed by atoms with Crippen molar-refractivity contribution >= 4 is 0 Å². The fourth-order valence-corrected chi connectivity index (χ4v) is 1.07. The molecule has 1 heterocycles. The van der Waals surface area contributed by atoms with Gasteiger partial charge in [-0.15, -0.1) is 0 Å². The van der Waals surface area contributed by atoms with Gasteiger partial charge in [-0.3, -0.25) is 0 Å². The van der Waals surface area contributed by atoms with Gasteiger partial charge in [0.2, 0.25) is 0 Å². The Morgan fingerprint density at radius 1 is 1.27 bits per heavy atom. The van der Waals surface area contributed by atoms with Gasteiger partial charge in [-0.05, 0) is 25.0 Å². The van der Waals surface area contributed by atoms with Crippen LogP contribution in [-0.2, 0) is 0 Å². The molecule has 2 unspecified atom stereocenters. The van der Waals surface area contributed by atoms with Crippen LogP contribution < -0.4 is 0 Å². The summed E-state index contributed by atoms with van der Waals surface area (Å²) in [5, 5.41) is 8.89. The zero-order valence-electron chi connectivity index (χ0n) is 7.07. The molecular weight excluding hydrogens is 138 g/mol. The Kier molecular flexibility index (Phi) is 2.71. The van der Waals surface area contributed by atoms with Gasteiger partial charge in [0, 0.05) is 25.0 Å². The SMILES string of the molecule is CC(CO)C(C)n1cccc1. The van der Waals surface area contributed by atoms with E-state index < -0.39 is 0 Å². The van der Waals surface area contributed by atoms with Crippen LogP contribution in [0.2, 0.25) is 0 Å². The molecule has 2 atom stereocenters. The summed E-state index contributed by atoms with van der Waals surface area (Å²) in [5.41, 5.74) is 0. The highest BCUT2D eigenvalue weighted by molar-refractivity contribution is 4.93. The van der Waals surface area contributed by atoms with Crippen molar-refractivity contribution in [3.8, 4) is 0 Å². The summed E-state index contributed by atoms with van der Waals surface area (Å²) in [6, 6.07) is 4.39. The fraction of sp³-hybridized carbons (Fsp3) is 0.556. The predicted octanol–water partition coefficient (Wildman–Crippen LogP) is 1.68. The zero-order valence-corrected chi connectivity index (χ0v) is 7.07. The van der Waals surface area contributed by atoms with Crippen LogP contribution in [-0.4, -0.2) is 16.3 Å². The Bertz CT molecular complexity index is 193. The number of nitrogens with zero attached hydrogens (tertiary/aromatic N) is 1. The summed E-state index contributed by atoms with van der Waals surface area (Å²) in [7, 11) is 0. The molecule has 2 heteroatoms. The van der Waals surface area contributed by atoms with Crippen LogP contribution in [0.4, 0.5) is 0 Å². The maximum absolute atomic E-state index is 8.89. The zero-order chi connectivity index (χ0) is 8.27. The molecule has 0 spiro atoms. The first-order valence-corrected chi connectivity index (χ1v) is 3.99. The van der Waals surface area contributed by atoms with E-state index >= 15 is 0 Å². The van der Waals surface area contributed by atoms with Gasteiger partial charge in [0.25, 0.3) is 0 Å². The molecule has 1 rings (SSSR count). The van der Waals surface area contributed by atoms with Crippen molar-refractivity contribution in [3.63, 3.8) is 0 Å². The molecule has 1 aromatic heterocycles. The predicted molar refractivity (Wildman–Crippen MR) is 45.4 cm³/mol. The number of rotatable bonds is 3. The summed E-state index contributed by atoms with van der Waals surface area (Å²) in [4.78, 5) is 0. The minimum atomic E-state index is 0.249. The lowest BCUT2D eigenvalue weighted by Gasteiger charge is -2.19. The van der Waals surface area contributed by atoms with Crippen LogP contribution in [0.1, 0.15) is 19.9 Å². The second kappa shape index (κ2) is 3.58. The summed E-state index contributed by atoms with van der Waals surface area (Å²) < 4.78 is 2.11. The summed E-state index contributed by atoms with van der Waals surface area (Å²) in [6.45, 7) is 4.41. The molecule has 11 heavy (non-hydrogen) atoms. The molecule has 0 saturated heterocycles. The van der Waals surface area contributed by atoms with E-state index in [9.17, 15) is 0 Å². The summed E-state index contributed by atoms with van der Waals surface area (Å²) in [6.07, 6.45) is 4.05. The Hall–Kier alpha value is -0.760. The molecule has 62 valence electrons. The number of hydrogen-bond acceptors (Lipinski definition) is 1. The van der Waals surface area contributed by atoms with E-state index in [4.69, 9.17) is 5.11 Å². The van der Waals surface area contributed by atoms with Crippen LogP contribution in [0, 0.1) is 5.92 Å². The number of hydrogen-bond donors (Lipinski definition) is 1. The molecule has 0 bridgehead atoms.